The predicted octanol–water partition coefficient (Wildman–Crippen LogP) is 34.9. The number of aromatic nitrogens is 3. The molecule has 2 aliphatic rings. The number of rotatable bonds is 25. The first kappa shape index (κ1) is 118. The van der Waals surface area contributed by atoms with Crippen LogP contribution in [-0.2, 0) is 69.9 Å². The summed E-state index contributed by atoms with van der Waals surface area (Å²) in [7, 11) is -4.30. The second-order valence-electron chi connectivity index (χ2n) is 41.9. The summed E-state index contributed by atoms with van der Waals surface area (Å²) in [5.74, 6) is 1.40. The topological polar surface area (TPSA) is 151 Å². The summed E-state index contributed by atoms with van der Waals surface area (Å²) in [5.41, 5.74) is 26.5. The van der Waals surface area contributed by atoms with Gasteiger partial charge >= 0.3 is 0 Å². The second-order valence-corrected chi connectivity index (χ2v) is 57.2. The molecule has 3 heterocycles. The summed E-state index contributed by atoms with van der Waals surface area (Å²) in [6, 6.07) is 136. The molecule has 3 aromatic heterocycles. The third-order valence-corrected chi connectivity index (χ3v) is 34.4. The number of allylic oxidation sites excluding steroid dienone is 5. The van der Waals surface area contributed by atoms with Crippen molar-refractivity contribution in [3.63, 3.8) is 0 Å². The molecule has 2 fully saturated rings. The van der Waals surface area contributed by atoms with E-state index in [4.69, 9.17) is 15.0 Å². The molecule has 150 heavy (non-hydrogen) atoms. The average molecular weight is 2560 g/mol. The first-order valence-electron chi connectivity index (χ1n) is 52.6. The Hall–Kier alpha value is -12.5. The third kappa shape index (κ3) is 32.1. The van der Waals surface area contributed by atoms with Crippen molar-refractivity contribution in [3.8, 4) is 101 Å². The third-order valence-electron chi connectivity index (χ3n) is 28.2. The summed E-state index contributed by atoms with van der Waals surface area (Å²) >= 11 is 0. The van der Waals surface area contributed by atoms with E-state index < -0.39 is 24.2 Å². The van der Waals surface area contributed by atoms with Gasteiger partial charge in [-0.2, -0.15) is 0 Å². The molecule has 2 saturated carbocycles. The molecule has 0 bridgehead atoms. The Kier molecular flexibility index (Phi) is 44.4. The normalized spacial score (nSPS) is 13.0. The van der Waals surface area contributed by atoms with Crippen LogP contribution in [0.25, 0.3) is 139 Å². The average Bonchev–Trinajstić information content (AvgIpc) is 0.769. The van der Waals surface area contributed by atoms with Crippen molar-refractivity contribution in [2.75, 3.05) is 0 Å². The number of carbonyl (C=O) groups excluding carboxylic acids is 3. The number of ketones is 3. The van der Waals surface area contributed by atoms with Gasteiger partial charge in [0, 0.05) is 129 Å². The van der Waals surface area contributed by atoms with Crippen molar-refractivity contribution in [3.05, 3.63) is 428 Å². The van der Waals surface area contributed by atoms with Crippen LogP contribution < -0.4 is 15.6 Å². The van der Waals surface area contributed by atoms with Crippen molar-refractivity contribution in [2.45, 2.75) is 190 Å². The molecule has 17 aromatic rings. The maximum absolute atomic E-state index is 12.4. The Morgan fingerprint density at radius 2 is 0.653 bits per heavy atom. The standard InChI is InChI=1S/C31H28NSi.2C30H26NSi.C16H26O2.C15H12O2.C13H24O2.3Ir/c1-22-17-25(23-11-7-5-8-12-23)19-26(18-22)31-21-28(24-13-9-6-10-14-24)29-20-27(33(2,3)4)15-16-30(29)32-31;2*1-32(2,3)26-17-18-29-28(20-26)27(23-13-8-5-9-14-23)21-30(31-29)25-16-10-15-24(19-25)22-11-6-4-7-12-22;1-12(15(17)13-8-4-2-5-9-13)16(18)14-10-6-3-7-11-14;16-14(12-7-3-1-4-8-12)11-15(17)13-9-5-2-6-10-13;1-5-10(6-2)12(14)9-13(15)11(7-3)8-4;;;/h5-17,19-21H,1-4H3;2*4-15,17-21H,1-3H3;13-14,17H,2-11H2,1H3;1-11,16H;9-11,14H,5-8H2,1-4H3;;;/q3*-1;;;;;;. The quantitative estimate of drug-likeness (QED) is 0.0167. The molecule has 0 amide bonds. The van der Waals surface area contributed by atoms with Crippen molar-refractivity contribution in [2.24, 2.45) is 23.7 Å². The van der Waals surface area contributed by atoms with Crippen molar-refractivity contribution in [1.82, 2.24) is 15.0 Å². The van der Waals surface area contributed by atoms with Crippen LogP contribution in [0.2, 0.25) is 58.9 Å². The molecule has 3 N–H and O–H groups in total. The van der Waals surface area contributed by atoms with Crippen LogP contribution in [0.1, 0.15) is 146 Å². The van der Waals surface area contributed by atoms with E-state index in [2.05, 4.69) is 363 Å². The van der Waals surface area contributed by atoms with Gasteiger partial charge in [0.1, 0.15) is 11.5 Å². The van der Waals surface area contributed by atoms with Crippen molar-refractivity contribution >= 4 is 95.6 Å². The number of aliphatic hydroxyl groups is 3. The summed E-state index contributed by atoms with van der Waals surface area (Å²) < 4.78 is 0. The van der Waals surface area contributed by atoms with Crippen molar-refractivity contribution < 1.29 is 90.0 Å². The maximum Gasteiger partial charge on any atom is 0.189 e. The zero-order valence-electron chi connectivity index (χ0n) is 89.4. The molecule has 15 heteroatoms. The molecule has 775 valence electrons. The van der Waals surface area contributed by atoms with Gasteiger partial charge in [-0.3, -0.25) is 29.3 Å². The number of aryl methyl sites for hydroxylation is 1. The van der Waals surface area contributed by atoms with E-state index >= 15 is 0 Å². The Morgan fingerprint density at radius 3 is 1.00 bits per heavy atom. The van der Waals surface area contributed by atoms with E-state index in [0.29, 0.717) is 22.5 Å². The Morgan fingerprint density at radius 1 is 0.340 bits per heavy atom. The Balaban J connectivity index is 0.000000175. The summed E-state index contributed by atoms with van der Waals surface area (Å²) in [6.45, 7) is 33.5. The van der Waals surface area contributed by atoms with Gasteiger partial charge in [0.05, 0.1) is 46.5 Å². The molecule has 2 aliphatic carbocycles. The Labute approximate surface area is 935 Å². The van der Waals surface area contributed by atoms with E-state index in [1.807, 2.05) is 83.1 Å². The van der Waals surface area contributed by atoms with Crippen LogP contribution in [0.15, 0.2) is 393 Å². The van der Waals surface area contributed by atoms with E-state index in [1.54, 1.807) is 36.4 Å². The van der Waals surface area contributed by atoms with E-state index in [9.17, 15) is 29.7 Å². The van der Waals surface area contributed by atoms with Gasteiger partial charge in [-0.05, 0) is 144 Å². The van der Waals surface area contributed by atoms with E-state index in [1.165, 1.54) is 149 Å². The molecule has 3 radical (unpaired) electrons. The number of pyridine rings is 3. The van der Waals surface area contributed by atoms with Crippen LogP contribution in [0, 0.1) is 48.8 Å². The zero-order chi connectivity index (χ0) is 104. The van der Waals surface area contributed by atoms with Crippen LogP contribution in [0.3, 0.4) is 0 Å². The van der Waals surface area contributed by atoms with E-state index in [-0.39, 0.29) is 113 Å². The number of hydrogen-bond acceptors (Lipinski definition) is 9. The minimum atomic E-state index is -1.44. The Bertz CT molecular complexity index is 7160. The van der Waals surface area contributed by atoms with E-state index in [0.717, 1.165) is 107 Å². The molecule has 19 rings (SSSR count). The largest absolute Gasteiger partial charge is 0.512 e. The second kappa shape index (κ2) is 56.6. The predicted molar refractivity (Wildman–Crippen MR) is 630 cm³/mol. The molecular weight excluding hydrogens is 2420 g/mol. The summed E-state index contributed by atoms with van der Waals surface area (Å²) in [5, 5.41) is 37.9. The molecule has 0 atom stereocenters. The number of aliphatic hydroxyl groups excluding tert-OH is 3. The number of Topliss-reactive ketones (excluding diaryl/α,β-unsaturated/α-hetero) is 1. The fraction of sp³-hybridized carbons (Fsp3) is 0.244. The van der Waals surface area contributed by atoms with Crippen molar-refractivity contribution in [1.29, 1.82) is 0 Å². The monoisotopic (exact) mass is 2560 g/mol. The first-order valence-corrected chi connectivity index (χ1v) is 63.1. The first-order chi connectivity index (χ1) is 70.9. The number of hydrogen-bond donors (Lipinski definition) is 3. The van der Waals surface area contributed by atoms with Crippen LogP contribution >= 0.6 is 0 Å². The summed E-state index contributed by atoms with van der Waals surface area (Å²) in [6.07, 6.45) is 17.6. The SMILES string of the molecule is CC(C(=O)C1CCCCC1)=C(O)C1CCCCC1.CCC(CC)C(=O)C=C(O)C(CC)CC.C[Si](C)(C)c1ccc2nc(-c3[c-]ccc(-c4ccccc4)c3)cc(-c3ccccc3)c2c1.C[Si](C)(C)c1ccc2nc(-c3[c-]ccc(-c4ccccc4)c3)cc(-c3ccccc3)c2c1.Cc1[c-]c(-c2cc(-c3ccccc3)c3cc([Si](C)(C)C)ccc3n2)cc(-c2ccccc2)c1.O=C(C=C(O)c1ccccc1)c1ccccc1.[Ir].[Ir].[Ir]. The zero-order valence-corrected chi connectivity index (χ0v) is 99.6. The molecule has 14 aromatic carbocycles. The minimum absolute atomic E-state index is 0. The smallest absolute Gasteiger partial charge is 0.189 e. The molecule has 9 nitrogen and oxygen atoms in total. The van der Waals surface area contributed by atoms with Gasteiger partial charge in [-0.1, -0.05) is 445 Å². The fourth-order valence-electron chi connectivity index (χ4n) is 19.3. The fourth-order valence-corrected chi connectivity index (χ4v) is 22.8. The molecule has 0 spiro atoms. The number of fused-ring (bicyclic) bond motifs is 3. The van der Waals surface area contributed by atoms with Gasteiger partial charge in [-0.15, -0.1) is 106 Å². The molecule has 0 aliphatic heterocycles. The van der Waals surface area contributed by atoms with Gasteiger partial charge < -0.3 is 15.3 Å². The number of nitrogens with zero attached hydrogens (tertiary/aromatic N) is 3. The molecule has 0 unspecified atom stereocenters. The van der Waals surface area contributed by atoms with Crippen LogP contribution in [0.4, 0.5) is 0 Å². The van der Waals surface area contributed by atoms with Gasteiger partial charge in [0.2, 0.25) is 0 Å². The molecule has 0 saturated heterocycles. The molecular formula is C135H142Ir3N3O6Si3-3. The van der Waals surface area contributed by atoms with Crippen LogP contribution in [0.5, 0.6) is 0 Å². The minimum Gasteiger partial charge on any atom is -0.512 e. The van der Waals surface area contributed by atoms with Gasteiger partial charge in [0.25, 0.3) is 0 Å². The number of benzene rings is 14. The summed E-state index contributed by atoms with van der Waals surface area (Å²) in [4.78, 5) is 51.1. The van der Waals surface area contributed by atoms with Crippen LogP contribution in [-0.4, -0.2) is 71.8 Å². The number of carbonyl (C=O) groups is 3. The van der Waals surface area contributed by atoms with Gasteiger partial charge in [-0.25, -0.2) is 0 Å². The maximum atomic E-state index is 12.4. The van der Waals surface area contributed by atoms with Gasteiger partial charge in [0.15, 0.2) is 17.3 Å².